The van der Waals surface area contributed by atoms with E-state index in [2.05, 4.69) is 15.3 Å². The molecule has 16 nitrogen and oxygen atoms in total. The van der Waals surface area contributed by atoms with Gasteiger partial charge in [-0.15, -0.1) is 0 Å². The molecular weight excluding hydrogens is 524 g/mol. The van der Waals surface area contributed by atoms with Crippen LogP contribution in [-0.4, -0.2) is 116 Å². The van der Waals surface area contributed by atoms with Gasteiger partial charge in [-0.25, -0.2) is 24.4 Å². The van der Waals surface area contributed by atoms with Gasteiger partial charge in [0.25, 0.3) is 0 Å². The summed E-state index contributed by atoms with van der Waals surface area (Å²) in [6, 6.07) is -1.80. The number of hydrogen-bond donors (Lipinski definition) is 9. The molecular formula is C14H19F6N7O9. The zero-order valence-corrected chi connectivity index (χ0v) is 17.4. The molecule has 1 saturated heterocycles. The van der Waals surface area contributed by atoms with Crippen LogP contribution in [0, 0.1) is 0 Å². The molecule has 0 aromatic heterocycles. The SMILES string of the molecule is NC(=O)OC[C@@H]1N=C(N)N2C[C@H](O)C(O)(O)[C@@]23NC(N)=N[C@@H]13.O=C(O)C(F)(F)F.O=C(O)C(F)(F)F. The third-order valence-electron chi connectivity index (χ3n) is 4.65. The number of rotatable bonds is 2. The maximum Gasteiger partial charge on any atom is 0.490 e. The van der Waals surface area contributed by atoms with Crippen LogP contribution in [-0.2, 0) is 14.3 Å². The van der Waals surface area contributed by atoms with Gasteiger partial charge >= 0.3 is 30.4 Å². The molecule has 3 heterocycles. The van der Waals surface area contributed by atoms with Crippen molar-refractivity contribution < 1.29 is 71.0 Å². The molecule has 0 aromatic rings. The number of carboxylic acids is 2. The summed E-state index contributed by atoms with van der Waals surface area (Å²) in [4.78, 5) is 38.1. The van der Waals surface area contributed by atoms with Gasteiger partial charge in [-0.05, 0) is 0 Å². The highest BCUT2D eigenvalue weighted by Crippen LogP contribution is 2.44. The summed E-state index contributed by atoms with van der Waals surface area (Å²) >= 11 is 0. The van der Waals surface area contributed by atoms with Crippen molar-refractivity contribution in [2.24, 2.45) is 27.2 Å². The number of nitrogens with zero attached hydrogens (tertiary/aromatic N) is 3. The van der Waals surface area contributed by atoms with Crippen molar-refractivity contribution in [2.45, 2.75) is 42.0 Å². The smallest absolute Gasteiger partial charge is 0.475 e. The second kappa shape index (κ2) is 10.1. The molecule has 1 fully saturated rings. The van der Waals surface area contributed by atoms with E-state index in [9.17, 15) is 46.5 Å². The number of halogens is 6. The Kier molecular flexibility index (Phi) is 8.45. The quantitative estimate of drug-likeness (QED) is 0.120. The number of hydrogen-bond acceptors (Lipinski definition) is 13. The molecule has 0 unspecified atom stereocenters. The van der Waals surface area contributed by atoms with Crippen LogP contribution < -0.4 is 22.5 Å². The fraction of sp³-hybridized carbons (Fsp3) is 0.643. The normalized spacial score (nSPS) is 27.9. The van der Waals surface area contributed by atoms with Crippen LogP contribution in [0.15, 0.2) is 9.98 Å². The predicted octanol–water partition coefficient (Wildman–Crippen LogP) is -3.61. The summed E-state index contributed by atoms with van der Waals surface area (Å²) in [6.45, 7) is -0.459. The third-order valence-corrected chi connectivity index (χ3v) is 4.65. The Morgan fingerprint density at radius 3 is 1.89 bits per heavy atom. The lowest BCUT2D eigenvalue weighted by molar-refractivity contribution is -0.257. The van der Waals surface area contributed by atoms with Crippen molar-refractivity contribution in [3.63, 3.8) is 0 Å². The highest BCUT2D eigenvalue weighted by molar-refractivity contribution is 5.87. The topological polar surface area (TPSA) is 280 Å². The van der Waals surface area contributed by atoms with Gasteiger partial charge in [-0.3, -0.25) is 0 Å². The summed E-state index contributed by atoms with van der Waals surface area (Å²) in [5.41, 5.74) is 14.7. The van der Waals surface area contributed by atoms with Gasteiger partial charge in [-0.2, -0.15) is 26.3 Å². The predicted molar refractivity (Wildman–Crippen MR) is 99.5 cm³/mol. The van der Waals surface area contributed by atoms with E-state index in [1.165, 1.54) is 4.90 Å². The number of guanidine groups is 2. The Balaban J connectivity index is 0.000000383. The summed E-state index contributed by atoms with van der Waals surface area (Å²) in [6.07, 6.45) is -12.7. The molecule has 3 aliphatic heterocycles. The molecule has 12 N–H and O–H groups in total. The first-order valence-corrected chi connectivity index (χ1v) is 8.96. The van der Waals surface area contributed by atoms with E-state index in [4.69, 9.17) is 41.7 Å². The number of carbonyl (C=O) groups excluding carboxylic acids is 1. The van der Waals surface area contributed by atoms with E-state index in [1.807, 2.05) is 0 Å². The van der Waals surface area contributed by atoms with Crippen LogP contribution in [0.3, 0.4) is 0 Å². The molecule has 0 aliphatic carbocycles. The minimum Gasteiger partial charge on any atom is -0.475 e. The van der Waals surface area contributed by atoms with Crippen molar-refractivity contribution in [1.82, 2.24) is 10.2 Å². The molecule has 22 heteroatoms. The second-order valence-corrected chi connectivity index (χ2v) is 6.99. The van der Waals surface area contributed by atoms with Crippen molar-refractivity contribution >= 4 is 30.0 Å². The number of alkyl halides is 6. The lowest BCUT2D eigenvalue weighted by atomic mass is 9.86. The number of carboxylic acid groups (broad SMARTS) is 2. The first-order chi connectivity index (χ1) is 16.1. The summed E-state index contributed by atoms with van der Waals surface area (Å²) < 4.78 is 68.2. The Bertz CT molecular complexity index is 917. The number of ether oxygens (including phenoxy) is 1. The van der Waals surface area contributed by atoms with Crippen molar-refractivity contribution in [3.05, 3.63) is 0 Å². The minimum absolute atomic E-state index is 0.0734. The first-order valence-electron chi connectivity index (χ1n) is 8.96. The number of nitrogens with one attached hydrogen (secondary N) is 1. The van der Waals surface area contributed by atoms with E-state index in [-0.39, 0.29) is 25.1 Å². The van der Waals surface area contributed by atoms with E-state index >= 15 is 0 Å². The molecule has 3 aliphatic rings. The van der Waals surface area contributed by atoms with Gasteiger partial charge in [0.15, 0.2) is 17.6 Å². The lowest BCUT2D eigenvalue weighted by Crippen LogP contribution is -2.77. The highest BCUT2D eigenvalue weighted by Gasteiger charge is 2.73. The molecule has 0 radical (unpaired) electrons. The summed E-state index contributed by atoms with van der Waals surface area (Å²) in [5, 5.41) is 47.6. The van der Waals surface area contributed by atoms with Crippen LogP contribution >= 0.6 is 0 Å². The maximum absolute atomic E-state index is 10.8. The van der Waals surface area contributed by atoms with E-state index in [0.717, 1.165) is 0 Å². The van der Waals surface area contributed by atoms with Gasteiger partial charge in [0.2, 0.25) is 5.79 Å². The number of aliphatic imine (C=N–C) groups is 2. The monoisotopic (exact) mass is 543 g/mol. The fourth-order valence-electron chi connectivity index (χ4n) is 3.22. The maximum atomic E-state index is 10.8. The molecule has 1 spiro atoms. The number of carbonyl (C=O) groups is 3. The number of amides is 1. The molecule has 1 amide bonds. The van der Waals surface area contributed by atoms with Crippen LogP contribution in [0.1, 0.15) is 0 Å². The van der Waals surface area contributed by atoms with Crippen LogP contribution in [0.25, 0.3) is 0 Å². The lowest BCUT2D eigenvalue weighted by Gasteiger charge is -2.48. The van der Waals surface area contributed by atoms with Crippen molar-refractivity contribution in [3.8, 4) is 0 Å². The van der Waals surface area contributed by atoms with Crippen molar-refractivity contribution in [1.29, 1.82) is 0 Å². The van der Waals surface area contributed by atoms with Gasteiger partial charge in [0.05, 0.1) is 6.54 Å². The second-order valence-electron chi connectivity index (χ2n) is 6.99. The highest BCUT2D eigenvalue weighted by atomic mass is 19.4. The van der Waals surface area contributed by atoms with E-state index in [0.29, 0.717) is 0 Å². The summed E-state index contributed by atoms with van der Waals surface area (Å²) in [5.74, 6) is -8.27. The number of aliphatic hydroxyl groups is 3. The molecule has 36 heavy (non-hydrogen) atoms. The largest absolute Gasteiger partial charge is 0.490 e. The fourth-order valence-corrected chi connectivity index (χ4v) is 3.22. The molecule has 0 bridgehead atoms. The number of nitrogens with two attached hydrogens (primary N) is 3. The molecule has 3 rings (SSSR count). The number of aliphatic hydroxyl groups excluding tert-OH is 1. The average Bonchev–Trinajstić information content (AvgIpc) is 3.15. The van der Waals surface area contributed by atoms with Gasteiger partial charge in [0, 0.05) is 0 Å². The average molecular weight is 543 g/mol. The summed E-state index contributed by atoms with van der Waals surface area (Å²) in [7, 11) is 0. The van der Waals surface area contributed by atoms with Gasteiger partial charge in [0.1, 0.15) is 24.8 Å². The number of primary amides is 1. The van der Waals surface area contributed by atoms with E-state index < -0.39 is 60.0 Å². The molecule has 206 valence electrons. The standard InChI is InChI=1S/C10H17N7O5.2C2HF3O2/c11-6-15-5-3(2-22-8(13)19)14-7(12)17-1-4(18)10(20,21)9(5,17)16-6;2*3-2(4,5)1(6)7/h3-5,18,20-21H,1-2H2,(H2,12,14)(H2,13,19)(H3,11,15,16);2*(H,6,7)/t3-,4-,5-,9-;;/m0../s1. The Labute approximate surface area is 194 Å². The Hall–Kier alpha value is -3.79. The Morgan fingerprint density at radius 2 is 1.50 bits per heavy atom. The first kappa shape index (κ1) is 30.2. The van der Waals surface area contributed by atoms with Crippen LogP contribution in [0.5, 0.6) is 0 Å². The zero-order valence-electron chi connectivity index (χ0n) is 17.4. The number of aliphatic carboxylic acids is 2. The van der Waals surface area contributed by atoms with Crippen molar-refractivity contribution in [2.75, 3.05) is 13.2 Å². The molecule has 0 aromatic carbocycles. The third kappa shape index (κ3) is 6.06. The van der Waals surface area contributed by atoms with Crippen LogP contribution in [0.2, 0.25) is 0 Å². The van der Waals surface area contributed by atoms with Gasteiger partial charge < -0.3 is 57.7 Å². The molecule has 0 saturated carbocycles. The van der Waals surface area contributed by atoms with E-state index in [1.54, 1.807) is 0 Å². The minimum atomic E-state index is -5.08. The van der Waals surface area contributed by atoms with Gasteiger partial charge in [-0.1, -0.05) is 0 Å². The molecule has 4 atom stereocenters. The Morgan fingerprint density at radius 1 is 1.06 bits per heavy atom. The zero-order chi connectivity index (χ0) is 28.4. The van der Waals surface area contributed by atoms with Crippen LogP contribution in [0.4, 0.5) is 31.1 Å².